The normalized spacial score (nSPS) is 11.7. The summed E-state index contributed by atoms with van der Waals surface area (Å²) >= 11 is 3.42. The van der Waals surface area contributed by atoms with Crippen molar-refractivity contribution in [3.63, 3.8) is 0 Å². The van der Waals surface area contributed by atoms with E-state index in [1.807, 2.05) is 37.2 Å². The number of hydrogen-bond donors (Lipinski definition) is 1. The Kier molecular flexibility index (Phi) is 4.91. The van der Waals surface area contributed by atoms with E-state index in [9.17, 15) is 9.90 Å². The lowest BCUT2D eigenvalue weighted by molar-refractivity contribution is 0.0990. The fraction of sp³-hybridized carbons (Fsp3) is 0.176. The van der Waals surface area contributed by atoms with Crippen molar-refractivity contribution in [2.75, 3.05) is 14.1 Å². The van der Waals surface area contributed by atoms with Crippen LogP contribution in [-0.2, 0) is 6.67 Å². The maximum atomic E-state index is 12.1. The highest BCUT2D eigenvalue weighted by Gasteiger charge is 2.18. The molecule has 0 saturated carbocycles. The summed E-state index contributed by atoms with van der Waals surface area (Å²) in [5.41, 5.74) is 1.25. The molecule has 0 aliphatic rings. The molecule has 0 radical (unpaired) electrons. The molecule has 2 heterocycles. The van der Waals surface area contributed by atoms with Gasteiger partial charge in [-0.1, -0.05) is 22.0 Å². The van der Waals surface area contributed by atoms with Crippen molar-refractivity contribution in [3.8, 4) is 5.88 Å². The molecule has 0 atom stereocenters. The second kappa shape index (κ2) is 7.12. The molecule has 25 heavy (non-hydrogen) atoms. The second-order valence-corrected chi connectivity index (χ2v) is 6.62. The van der Waals surface area contributed by atoms with Crippen LogP contribution in [0.5, 0.6) is 5.88 Å². The number of carbonyl (C=O) groups excluding carboxylic acids is 1. The lowest BCUT2D eigenvalue weighted by Gasteiger charge is -2.13. The van der Waals surface area contributed by atoms with Crippen LogP contribution < -0.4 is 0 Å². The number of carbonyl (C=O) groups is 1. The molecule has 128 valence electrons. The highest BCUT2D eigenvalue weighted by Crippen LogP contribution is 2.40. The van der Waals surface area contributed by atoms with Crippen LogP contribution in [-0.4, -0.2) is 39.6 Å². The third kappa shape index (κ3) is 3.59. The van der Waals surface area contributed by atoms with Crippen LogP contribution in [0, 0.1) is 0 Å². The number of hydrogen-bond acceptors (Lipinski definition) is 5. The lowest BCUT2D eigenvalue weighted by atomic mass is 10.2. The van der Waals surface area contributed by atoms with Gasteiger partial charge in [0.25, 0.3) is 0 Å². The standard InChI is InChI=1S/C17H16BrN5O2/c1-22(2)10-23-14-7-6-11(18)9-12(14)15(17(23)25)20-21-16(24)13-5-3-4-8-19-13/h3-9,25H,10H2,1-2H3. The first-order chi connectivity index (χ1) is 12.0. The smallest absolute Gasteiger partial charge is 0.313 e. The molecule has 0 fully saturated rings. The van der Waals surface area contributed by atoms with Crippen LogP contribution in [0.25, 0.3) is 10.9 Å². The number of nitrogens with zero attached hydrogens (tertiary/aromatic N) is 5. The lowest BCUT2D eigenvalue weighted by Crippen LogP contribution is -2.16. The van der Waals surface area contributed by atoms with Crippen molar-refractivity contribution in [3.05, 3.63) is 52.8 Å². The molecule has 0 unspecified atom stereocenters. The minimum absolute atomic E-state index is 0.0422. The Morgan fingerprint density at radius 1 is 1.32 bits per heavy atom. The number of rotatable bonds is 4. The molecule has 0 bridgehead atoms. The number of halogens is 1. The first-order valence-corrected chi connectivity index (χ1v) is 8.29. The van der Waals surface area contributed by atoms with E-state index in [-0.39, 0.29) is 17.3 Å². The summed E-state index contributed by atoms with van der Waals surface area (Å²) in [5, 5.41) is 19.0. The van der Waals surface area contributed by atoms with Gasteiger partial charge in [-0.3, -0.25) is 19.2 Å². The molecule has 0 aliphatic heterocycles. The minimum atomic E-state index is -0.566. The predicted molar refractivity (Wildman–Crippen MR) is 98.1 cm³/mol. The van der Waals surface area contributed by atoms with Crippen molar-refractivity contribution in [1.82, 2.24) is 14.5 Å². The Balaban J connectivity index is 2.06. The number of aromatic hydroxyl groups is 1. The van der Waals surface area contributed by atoms with E-state index < -0.39 is 5.91 Å². The summed E-state index contributed by atoms with van der Waals surface area (Å²) in [6.45, 7) is 0.466. The van der Waals surface area contributed by atoms with Gasteiger partial charge in [-0.15, -0.1) is 10.2 Å². The summed E-state index contributed by atoms with van der Waals surface area (Å²) in [5.74, 6) is -0.608. The van der Waals surface area contributed by atoms with Crippen molar-refractivity contribution < 1.29 is 9.90 Å². The van der Waals surface area contributed by atoms with Gasteiger partial charge in [-0.05, 0) is 44.4 Å². The van der Waals surface area contributed by atoms with E-state index in [1.165, 1.54) is 6.20 Å². The molecule has 1 amide bonds. The summed E-state index contributed by atoms with van der Waals surface area (Å²) in [7, 11) is 3.80. The zero-order chi connectivity index (χ0) is 18.0. The fourth-order valence-corrected chi connectivity index (χ4v) is 2.82. The Morgan fingerprint density at radius 3 is 2.80 bits per heavy atom. The van der Waals surface area contributed by atoms with Crippen LogP contribution >= 0.6 is 15.9 Å². The van der Waals surface area contributed by atoms with E-state index in [0.717, 1.165) is 9.99 Å². The van der Waals surface area contributed by atoms with Crippen LogP contribution in [0.4, 0.5) is 5.69 Å². The molecular weight excluding hydrogens is 386 g/mol. The summed E-state index contributed by atoms with van der Waals surface area (Å²) in [6.07, 6.45) is 1.51. The summed E-state index contributed by atoms with van der Waals surface area (Å²) < 4.78 is 2.55. The SMILES string of the molecule is CN(C)Cn1c(O)c(N=NC(=O)c2ccccn2)c2cc(Br)ccc21. The van der Waals surface area contributed by atoms with E-state index in [4.69, 9.17) is 0 Å². The maximum absolute atomic E-state index is 12.1. The van der Waals surface area contributed by atoms with Gasteiger partial charge in [0.15, 0.2) is 5.69 Å². The van der Waals surface area contributed by atoms with Crippen LogP contribution in [0.2, 0.25) is 0 Å². The van der Waals surface area contributed by atoms with Gasteiger partial charge < -0.3 is 5.11 Å². The Labute approximate surface area is 152 Å². The first-order valence-electron chi connectivity index (χ1n) is 7.50. The van der Waals surface area contributed by atoms with Gasteiger partial charge in [0.05, 0.1) is 12.2 Å². The molecule has 3 rings (SSSR count). The molecule has 1 aromatic carbocycles. The summed E-state index contributed by atoms with van der Waals surface area (Å²) in [6, 6.07) is 10.6. The molecule has 2 aromatic heterocycles. The number of amides is 1. The minimum Gasteiger partial charge on any atom is -0.493 e. The fourth-order valence-electron chi connectivity index (χ4n) is 2.46. The van der Waals surface area contributed by atoms with Gasteiger partial charge in [0.2, 0.25) is 5.88 Å². The van der Waals surface area contributed by atoms with Gasteiger partial charge in [-0.2, -0.15) is 0 Å². The van der Waals surface area contributed by atoms with Crippen LogP contribution in [0.1, 0.15) is 10.5 Å². The van der Waals surface area contributed by atoms with Gasteiger partial charge in [0, 0.05) is 16.1 Å². The predicted octanol–water partition coefficient (Wildman–Crippen LogP) is 3.95. The highest BCUT2D eigenvalue weighted by atomic mass is 79.9. The van der Waals surface area contributed by atoms with E-state index in [2.05, 4.69) is 31.1 Å². The van der Waals surface area contributed by atoms with Gasteiger partial charge >= 0.3 is 5.91 Å². The third-order valence-corrected chi connectivity index (χ3v) is 4.01. The van der Waals surface area contributed by atoms with Crippen LogP contribution in [0.15, 0.2) is 57.3 Å². The monoisotopic (exact) mass is 401 g/mol. The van der Waals surface area contributed by atoms with E-state index in [1.54, 1.807) is 22.8 Å². The van der Waals surface area contributed by atoms with Gasteiger partial charge in [0.1, 0.15) is 5.69 Å². The molecular formula is C17H16BrN5O2. The molecule has 8 heteroatoms. The maximum Gasteiger partial charge on any atom is 0.313 e. The van der Waals surface area contributed by atoms with Gasteiger partial charge in [-0.25, -0.2) is 0 Å². The Morgan fingerprint density at radius 2 is 2.12 bits per heavy atom. The number of azo groups is 1. The van der Waals surface area contributed by atoms with Crippen molar-refractivity contribution >= 4 is 38.4 Å². The van der Waals surface area contributed by atoms with Crippen LogP contribution in [0.3, 0.4) is 0 Å². The third-order valence-electron chi connectivity index (χ3n) is 3.52. The van der Waals surface area contributed by atoms with Crippen molar-refractivity contribution in [2.24, 2.45) is 10.2 Å². The first kappa shape index (κ1) is 17.2. The Hall–Kier alpha value is -2.58. The quantitative estimate of drug-likeness (QED) is 0.670. The number of pyridine rings is 1. The zero-order valence-electron chi connectivity index (χ0n) is 13.7. The molecule has 0 saturated heterocycles. The van der Waals surface area contributed by atoms with Crippen molar-refractivity contribution in [1.29, 1.82) is 0 Å². The molecule has 3 aromatic rings. The zero-order valence-corrected chi connectivity index (χ0v) is 15.3. The largest absolute Gasteiger partial charge is 0.493 e. The molecule has 0 aliphatic carbocycles. The summed E-state index contributed by atoms with van der Waals surface area (Å²) in [4.78, 5) is 18.0. The van der Waals surface area contributed by atoms with Crippen molar-refractivity contribution in [2.45, 2.75) is 6.67 Å². The molecule has 7 nitrogen and oxygen atoms in total. The average Bonchev–Trinajstić information content (AvgIpc) is 2.84. The number of benzene rings is 1. The Bertz CT molecular complexity index is 951. The van der Waals surface area contributed by atoms with E-state index in [0.29, 0.717) is 12.1 Å². The average molecular weight is 402 g/mol. The van der Waals surface area contributed by atoms with E-state index >= 15 is 0 Å². The topological polar surface area (TPSA) is 83.1 Å². The highest BCUT2D eigenvalue weighted by molar-refractivity contribution is 9.10. The number of fused-ring (bicyclic) bond motifs is 1. The number of aromatic nitrogens is 2. The second-order valence-electron chi connectivity index (χ2n) is 5.70. The molecule has 1 N–H and O–H groups in total. The molecule has 0 spiro atoms.